The molecule has 0 spiro atoms. The van der Waals surface area contributed by atoms with E-state index in [-0.39, 0.29) is 30.4 Å². The second kappa shape index (κ2) is 13.9. The lowest BCUT2D eigenvalue weighted by molar-refractivity contribution is -0.252. The highest BCUT2D eigenvalue weighted by Crippen LogP contribution is 2.38. The van der Waals surface area contributed by atoms with E-state index in [4.69, 9.17) is 9.47 Å². The van der Waals surface area contributed by atoms with Gasteiger partial charge in [0.2, 0.25) is 0 Å². The van der Waals surface area contributed by atoms with Crippen LogP contribution in [-0.4, -0.2) is 45.6 Å². The number of para-hydroxylation sites is 2. The van der Waals surface area contributed by atoms with Crippen molar-refractivity contribution in [1.82, 2.24) is 20.2 Å². The van der Waals surface area contributed by atoms with Crippen molar-refractivity contribution in [2.75, 3.05) is 13.6 Å². The molecule has 0 bridgehead atoms. The Morgan fingerprint density at radius 3 is 2.27 bits per heavy atom. The molecule has 1 aliphatic heterocycles. The maximum absolute atomic E-state index is 12.8. The Morgan fingerprint density at radius 2 is 1.52 bits per heavy atom. The lowest BCUT2D eigenvalue weighted by Gasteiger charge is -2.38. The first-order valence-corrected chi connectivity index (χ1v) is 14.9. The minimum atomic E-state index is -0.544. The Hall–Kier alpha value is -4.47. The molecule has 2 N–H and O–H groups in total. The van der Waals surface area contributed by atoms with Crippen molar-refractivity contribution in [2.24, 2.45) is 0 Å². The Balaban J connectivity index is 1.12. The van der Waals surface area contributed by atoms with E-state index in [2.05, 4.69) is 51.5 Å². The molecule has 1 fully saturated rings. The molecular weight excluding hydrogens is 552 g/mol. The fourth-order valence-electron chi connectivity index (χ4n) is 5.47. The second-order valence-corrected chi connectivity index (χ2v) is 11.2. The summed E-state index contributed by atoms with van der Waals surface area (Å²) in [6, 6.07) is 33.7. The van der Waals surface area contributed by atoms with Gasteiger partial charge in [0.15, 0.2) is 6.29 Å². The van der Waals surface area contributed by atoms with E-state index in [1.165, 1.54) is 11.8 Å². The van der Waals surface area contributed by atoms with Gasteiger partial charge in [-0.2, -0.15) is 0 Å². The monoisotopic (exact) mass is 588 g/mol. The quantitative estimate of drug-likeness (QED) is 0.215. The number of nitrogens with one attached hydrogen (secondary N) is 1. The second-order valence-electron chi connectivity index (χ2n) is 11.2. The van der Waals surface area contributed by atoms with Gasteiger partial charge < -0.3 is 19.9 Å². The molecule has 1 saturated heterocycles. The molecule has 5 aromatic rings. The van der Waals surface area contributed by atoms with Crippen molar-refractivity contribution in [2.45, 2.75) is 44.6 Å². The van der Waals surface area contributed by atoms with Crippen molar-refractivity contribution in [3.05, 3.63) is 143 Å². The summed E-state index contributed by atoms with van der Waals surface area (Å²) in [6.07, 6.45) is 1.47. The molecule has 1 aromatic heterocycles. The Labute approximate surface area is 257 Å². The number of carbonyl (C=O) groups is 1. The maximum Gasteiger partial charge on any atom is 0.271 e. The molecule has 0 aliphatic carbocycles. The molecule has 2 heterocycles. The van der Waals surface area contributed by atoms with Crippen LogP contribution >= 0.6 is 0 Å². The van der Waals surface area contributed by atoms with Crippen LogP contribution in [0.25, 0.3) is 11.0 Å². The van der Waals surface area contributed by atoms with Crippen LogP contribution in [0.4, 0.5) is 0 Å². The lowest BCUT2D eigenvalue weighted by Crippen LogP contribution is -2.37. The average molecular weight is 589 g/mol. The van der Waals surface area contributed by atoms with E-state index in [0.29, 0.717) is 12.1 Å². The minimum Gasteiger partial charge on any atom is -0.392 e. The fraction of sp³-hybridized carbons (Fsp3) is 0.250. The zero-order valence-corrected chi connectivity index (χ0v) is 24.7. The topological polar surface area (TPSA) is 96.8 Å². The molecule has 6 rings (SSSR count). The Kier molecular flexibility index (Phi) is 9.34. The number of amides is 1. The van der Waals surface area contributed by atoms with E-state index in [1.54, 1.807) is 0 Å². The number of benzene rings is 4. The summed E-state index contributed by atoms with van der Waals surface area (Å²) in [5.41, 5.74) is 6.75. The number of hydrogen-bond acceptors (Lipinski definition) is 7. The van der Waals surface area contributed by atoms with Gasteiger partial charge in [0.1, 0.15) is 5.69 Å². The van der Waals surface area contributed by atoms with Gasteiger partial charge in [0.25, 0.3) is 5.91 Å². The smallest absolute Gasteiger partial charge is 0.271 e. The number of nitrogens with zero attached hydrogens (tertiary/aromatic N) is 3. The van der Waals surface area contributed by atoms with Crippen molar-refractivity contribution in [1.29, 1.82) is 0 Å². The molecule has 0 saturated carbocycles. The fourth-order valence-corrected chi connectivity index (χ4v) is 5.47. The summed E-state index contributed by atoms with van der Waals surface area (Å²) in [7, 11) is 2.11. The molecule has 0 unspecified atom stereocenters. The number of aliphatic hydroxyl groups is 1. The number of aliphatic hydroxyl groups excluding tert-OH is 1. The lowest BCUT2D eigenvalue weighted by atomic mass is 9.99. The van der Waals surface area contributed by atoms with Crippen LogP contribution in [0.5, 0.6) is 0 Å². The van der Waals surface area contributed by atoms with Gasteiger partial charge in [-0.1, -0.05) is 91.0 Å². The zero-order chi connectivity index (χ0) is 30.3. The summed E-state index contributed by atoms with van der Waals surface area (Å²) in [4.78, 5) is 23.8. The number of rotatable bonds is 10. The van der Waals surface area contributed by atoms with Crippen LogP contribution in [0.2, 0.25) is 0 Å². The predicted molar refractivity (Wildman–Crippen MR) is 168 cm³/mol. The molecule has 3 atom stereocenters. The molecule has 1 amide bonds. The minimum absolute atomic E-state index is 0.00685. The van der Waals surface area contributed by atoms with Crippen LogP contribution in [0.1, 0.15) is 57.1 Å². The van der Waals surface area contributed by atoms with Gasteiger partial charge in [-0.05, 0) is 41.4 Å². The third kappa shape index (κ3) is 7.35. The highest BCUT2D eigenvalue weighted by Gasteiger charge is 2.32. The van der Waals surface area contributed by atoms with Gasteiger partial charge in [-0.25, -0.2) is 4.98 Å². The van der Waals surface area contributed by atoms with E-state index >= 15 is 0 Å². The van der Waals surface area contributed by atoms with Crippen molar-refractivity contribution in [3.63, 3.8) is 0 Å². The molecule has 0 radical (unpaired) electrons. The third-order valence-electron chi connectivity index (χ3n) is 7.81. The van der Waals surface area contributed by atoms with Crippen LogP contribution in [-0.2, 0) is 29.2 Å². The van der Waals surface area contributed by atoms with Crippen LogP contribution in [0, 0.1) is 0 Å². The normalized spacial score (nSPS) is 18.4. The number of ether oxygens (including phenoxy) is 2. The van der Waals surface area contributed by atoms with Gasteiger partial charge in [-0.15, -0.1) is 0 Å². The number of fused-ring (bicyclic) bond motifs is 1. The number of likely N-dealkylation sites (N-methyl/N-ethyl adjacent to an activating group) is 1. The largest absolute Gasteiger partial charge is 0.392 e. The first-order chi connectivity index (χ1) is 21.5. The SMILES string of the molecule is CN(Cc1ccccc1)C[C@H]1C[C@@H](c2ccc(CO)cc2)O[C@@H](c2ccc(CNC(=O)c3cnc4ccccc4n3)cc2)O1. The summed E-state index contributed by atoms with van der Waals surface area (Å²) in [6.45, 7) is 1.94. The average Bonchev–Trinajstić information content (AvgIpc) is 3.07. The van der Waals surface area contributed by atoms with Crippen molar-refractivity contribution in [3.8, 4) is 0 Å². The highest BCUT2D eigenvalue weighted by molar-refractivity contribution is 5.93. The van der Waals surface area contributed by atoms with Crippen molar-refractivity contribution >= 4 is 16.9 Å². The van der Waals surface area contributed by atoms with E-state index in [0.717, 1.165) is 47.3 Å². The number of carbonyl (C=O) groups excluding carboxylic acids is 1. The molecule has 4 aromatic carbocycles. The zero-order valence-electron chi connectivity index (χ0n) is 24.7. The van der Waals surface area contributed by atoms with E-state index < -0.39 is 6.29 Å². The van der Waals surface area contributed by atoms with E-state index in [9.17, 15) is 9.90 Å². The van der Waals surface area contributed by atoms with E-state index in [1.807, 2.05) is 78.9 Å². The third-order valence-corrected chi connectivity index (χ3v) is 7.81. The van der Waals surface area contributed by atoms with Gasteiger partial charge >= 0.3 is 0 Å². The summed E-state index contributed by atoms with van der Waals surface area (Å²) >= 11 is 0. The molecule has 44 heavy (non-hydrogen) atoms. The summed E-state index contributed by atoms with van der Waals surface area (Å²) in [5, 5.41) is 12.4. The first kappa shape index (κ1) is 29.6. The number of hydrogen-bond donors (Lipinski definition) is 2. The predicted octanol–water partition coefficient (Wildman–Crippen LogP) is 5.73. The molecule has 224 valence electrons. The molecular formula is C36H36N4O4. The first-order valence-electron chi connectivity index (χ1n) is 14.9. The van der Waals surface area contributed by atoms with Crippen molar-refractivity contribution < 1.29 is 19.4 Å². The summed E-state index contributed by atoms with van der Waals surface area (Å²) in [5.74, 6) is -0.274. The number of aromatic nitrogens is 2. The van der Waals surface area contributed by atoms with Gasteiger partial charge in [-0.3, -0.25) is 14.7 Å². The van der Waals surface area contributed by atoms with Crippen LogP contribution in [0.3, 0.4) is 0 Å². The van der Waals surface area contributed by atoms with Gasteiger partial charge in [0, 0.05) is 31.6 Å². The van der Waals surface area contributed by atoms with Crippen LogP contribution < -0.4 is 5.32 Å². The maximum atomic E-state index is 12.8. The van der Waals surface area contributed by atoms with Crippen LogP contribution in [0.15, 0.2) is 109 Å². The van der Waals surface area contributed by atoms with Gasteiger partial charge in [0.05, 0.1) is 36.0 Å². The molecule has 1 aliphatic rings. The Morgan fingerprint density at radius 1 is 0.841 bits per heavy atom. The standard InChI is InChI=1S/C36H36N4O4/c1-40(22-26-7-3-2-4-8-26)23-30-19-34(28-15-13-27(24-41)14-16-28)44-36(43-30)29-17-11-25(12-18-29)20-38-35(42)33-21-37-31-9-5-6-10-32(31)39-33/h2-18,21,30,34,36,41H,19-20,22-24H2,1H3,(H,38,42)/t30-,34+,36+/m1/s1. The summed E-state index contributed by atoms with van der Waals surface area (Å²) < 4.78 is 13.0. The highest BCUT2D eigenvalue weighted by atomic mass is 16.7. The Bertz CT molecular complexity index is 1680. The molecule has 8 heteroatoms. The molecule has 8 nitrogen and oxygen atoms in total.